The molecule has 1 heterocycles. The molecule has 0 unspecified atom stereocenters. The SMILES string of the molecule is Cc1ccc(C(=O)Nc2cccc(-c3cnc(CN)c(C(N)=O)n3)c2)cc1. The zero-order valence-corrected chi connectivity index (χ0v) is 14.8. The average molecular weight is 361 g/mol. The van der Waals surface area contributed by atoms with Crippen LogP contribution in [-0.4, -0.2) is 21.8 Å². The molecule has 0 bridgehead atoms. The Morgan fingerprint density at radius 2 is 1.85 bits per heavy atom. The number of primary amides is 1. The topological polar surface area (TPSA) is 124 Å². The van der Waals surface area contributed by atoms with Crippen molar-refractivity contribution in [2.75, 3.05) is 5.32 Å². The van der Waals surface area contributed by atoms with Gasteiger partial charge in [-0.15, -0.1) is 0 Å². The van der Waals surface area contributed by atoms with E-state index in [1.54, 1.807) is 36.4 Å². The van der Waals surface area contributed by atoms with Crippen molar-refractivity contribution in [2.24, 2.45) is 11.5 Å². The second kappa shape index (κ2) is 7.76. The second-order valence-corrected chi connectivity index (χ2v) is 6.02. The van der Waals surface area contributed by atoms with Crippen LogP contribution >= 0.6 is 0 Å². The maximum atomic E-state index is 12.4. The molecule has 2 aromatic carbocycles. The fourth-order valence-electron chi connectivity index (χ4n) is 2.56. The zero-order chi connectivity index (χ0) is 19.4. The molecule has 0 saturated carbocycles. The highest BCUT2D eigenvalue weighted by Gasteiger charge is 2.13. The van der Waals surface area contributed by atoms with Gasteiger partial charge in [-0.2, -0.15) is 0 Å². The summed E-state index contributed by atoms with van der Waals surface area (Å²) >= 11 is 0. The van der Waals surface area contributed by atoms with E-state index < -0.39 is 5.91 Å². The highest BCUT2D eigenvalue weighted by molar-refractivity contribution is 6.04. The molecular formula is C20H19N5O2. The Balaban J connectivity index is 1.87. The first-order valence-corrected chi connectivity index (χ1v) is 8.32. The number of carbonyl (C=O) groups is 2. The van der Waals surface area contributed by atoms with Gasteiger partial charge in [-0.1, -0.05) is 29.8 Å². The Morgan fingerprint density at radius 1 is 1.11 bits per heavy atom. The van der Waals surface area contributed by atoms with Crippen LogP contribution < -0.4 is 16.8 Å². The van der Waals surface area contributed by atoms with E-state index in [9.17, 15) is 9.59 Å². The minimum absolute atomic E-state index is 0.0455. The number of carbonyl (C=O) groups excluding carboxylic acids is 2. The van der Waals surface area contributed by atoms with Crippen molar-refractivity contribution in [1.29, 1.82) is 0 Å². The summed E-state index contributed by atoms with van der Waals surface area (Å²) in [4.78, 5) is 32.4. The molecule has 5 N–H and O–H groups in total. The van der Waals surface area contributed by atoms with Gasteiger partial charge in [-0.25, -0.2) is 4.98 Å². The molecule has 7 heteroatoms. The molecule has 0 aliphatic carbocycles. The highest BCUT2D eigenvalue weighted by atomic mass is 16.2. The summed E-state index contributed by atoms with van der Waals surface area (Å²) < 4.78 is 0. The van der Waals surface area contributed by atoms with Crippen molar-refractivity contribution in [3.63, 3.8) is 0 Å². The number of nitrogens with zero attached hydrogens (tertiary/aromatic N) is 2. The Hall–Kier alpha value is -3.58. The minimum Gasteiger partial charge on any atom is -0.364 e. The van der Waals surface area contributed by atoms with Gasteiger partial charge >= 0.3 is 0 Å². The lowest BCUT2D eigenvalue weighted by Gasteiger charge is -2.09. The van der Waals surface area contributed by atoms with Crippen LogP contribution in [0.1, 0.15) is 32.1 Å². The van der Waals surface area contributed by atoms with E-state index in [2.05, 4.69) is 15.3 Å². The minimum atomic E-state index is -0.686. The van der Waals surface area contributed by atoms with Crippen LogP contribution in [0.5, 0.6) is 0 Å². The van der Waals surface area contributed by atoms with Gasteiger partial charge in [0.1, 0.15) is 0 Å². The van der Waals surface area contributed by atoms with Crippen molar-refractivity contribution in [2.45, 2.75) is 13.5 Å². The molecular weight excluding hydrogens is 342 g/mol. The van der Waals surface area contributed by atoms with Crippen LogP contribution in [0.2, 0.25) is 0 Å². The average Bonchev–Trinajstić information content (AvgIpc) is 2.68. The summed E-state index contributed by atoms with van der Waals surface area (Å²) in [5, 5.41) is 2.85. The molecule has 0 aliphatic rings. The van der Waals surface area contributed by atoms with Crippen LogP contribution in [0.3, 0.4) is 0 Å². The summed E-state index contributed by atoms with van der Waals surface area (Å²) in [5.74, 6) is -0.900. The lowest BCUT2D eigenvalue weighted by atomic mass is 10.1. The number of rotatable bonds is 5. The first-order valence-electron chi connectivity index (χ1n) is 8.32. The predicted molar refractivity (Wildman–Crippen MR) is 103 cm³/mol. The third-order valence-electron chi connectivity index (χ3n) is 4.00. The van der Waals surface area contributed by atoms with E-state index in [1.165, 1.54) is 6.20 Å². The summed E-state index contributed by atoms with van der Waals surface area (Å²) in [6.45, 7) is 2.03. The van der Waals surface area contributed by atoms with Crippen molar-refractivity contribution in [1.82, 2.24) is 9.97 Å². The number of anilines is 1. The van der Waals surface area contributed by atoms with Crippen molar-refractivity contribution in [3.8, 4) is 11.3 Å². The summed E-state index contributed by atoms with van der Waals surface area (Å²) in [6, 6.07) is 14.4. The van der Waals surface area contributed by atoms with Gasteiger partial charge in [-0.3, -0.25) is 14.6 Å². The molecule has 0 spiro atoms. The van der Waals surface area contributed by atoms with E-state index in [0.717, 1.165) is 5.56 Å². The van der Waals surface area contributed by atoms with E-state index in [0.29, 0.717) is 28.2 Å². The Morgan fingerprint density at radius 3 is 2.52 bits per heavy atom. The number of nitrogens with two attached hydrogens (primary N) is 2. The lowest BCUT2D eigenvalue weighted by Crippen LogP contribution is -2.19. The third-order valence-corrected chi connectivity index (χ3v) is 4.00. The monoisotopic (exact) mass is 361 g/mol. The van der Waals surface area contributed by atoms with Crippen molar-refractivity contribution in [3.05, 3.63) is 77.2 Å². The van der Waals surface area contributed by atoms with Gasteiger partial charge in [0.05, 0.1) is 17.6 Å². The van der Waals surface area contributed by atoms with E-state index >= 15 is 0 Å². The van der Waals surface area contributed by atoms with Crippen LogP contribution in [0.4, 0.5) is 5.69 Å². The van der Waals surface area contributed by atoms with E-state index in [1.807, 2.05) is 19.1 Å². The maximum Gasteiger partial charge on any atom is 0.269 e. The number of benzene rings is 2. The van der Waals surface area contributed by atoms with Crippen LogP contribution in [-0.2, 0) is 6.54 Å². The molecule has 7 nitrogen and oxygen atoms in total. The summed E-state index contributed by atoms with van der Waals surface area (Å²) in [7, 11) is 0. The standard InChI is InChI=1S/C20H19N5O2/c1-12-5-7-13(8-6-12)20(27)24-15-4-2-3-14(9-15)17-11-23-16(10-21)18(25-17)19(22)26/h2-9,11H,10,21H2,1H3,(H2,22,26)(H,24,27). The normalized spacial score (nSPS) is 10.4. The number of hydrogen-bond donors (Lipinski definition) is 3. The summed E-state index contributed by atoms with van der Waals surface area (Å²) in [6.07, 6.45) is 1.52. The molecule has 0 aliphatic heterocycles. The molecule has 3 rings (SSSR count). The third kappa shape index (κ3) is 4.16. The molecule has 1 aromatic heterocycles. The molecule has 0 fully saturated rings. The molecule has 0 radical (unpaired) electrons. The van der Waals surface area contributed by atoms with E-state index in [-0.39, 0.29) is 18.1 Å². The van der Waals surface area contributed by atoms with Gasteiger partial charge in [0.15, 0.2) is 5.69 Å². The number of aryl methyl sites for hydroxylation is 1. The fourth-order valence-corrected chi connectivity index (χ4v) is 2.56. The number of nitrogens with one attached hydrogen (secondary N) is 1. The number of aromatic nitrogens is 2. The van der Waals surface area contributed by atoms with Crippen LogP contribution in [0, 0.1) is 6.92 Å². The first kappa shape index (κ1) is 18.2. The fraction of sp³-hybridized carbons (Fsp3) is 0.100. The molecule has 27 heavy (non-hydrogen) atoms. The van der Waals surface area contributed by atoms with Gasteiger partial charge in [-0.05, 0) is 31.2 Å². The number of amides is 2. The van der Waals surface area contributed by atoms with Gasteiger partial charge in [0.25, 0.3) is 11.8 Å². The second-order valence-electron chi connectivity index (χ2n) is 6.02. The Kier molecular flexibility index (Phi) is 5.23. The molecule has 0 atom stereocenters. The van der Waals surface area contributed by atoms with Gasteiger partial charge in [0.2, 0.25) is 0 Å². The first-order chi connectivity index (χ1) is 13.0. The Labute approximate surface area is 156 Å². The van der Waals surface area contributed by atoms with Crippen LogP contribution in [0.15, 0.2) is 54.7 Å². The predicted octanol–water partition coefficient (Wildman–Crippen LogP) is 2.26. The lowest BCUT2D eigenvalue weighted by molar-refractivity contribution is 0.0992. The molecule has 0 saturated heterocycles. The highest BCUT2D eigenvalue weighted by Crippen LogP contribution is 2.22. The van der Waals surface area contributed by atoms with Gasteiger partial charge in [0, 0.05) is 23.4 Å². The summed E-state index contributed by atoms with van der Waals surface area (Å²) in [5.41, 5.74) is 14.7. The van der Waals surface area contributed by atoms with E-state index in [4.69, 9.17) is 11.5 Å². The zero-order valence-electron chi connectivity index (χ0n) is 14.8. The molecule has 136 valence electrons. The van der Waals surface area contributed by atoms with Crippen molar-refractivity contribution >= 4 is 17.5 Å². The Bertz CT molecular complexity index is 1000. The quantitative estimate of drug-likeness (QED) is 0.643. The maximum absolute atomic E-state index is 12.4. The van der Waals surface area contributed by atoms with Gasteiger partial charge < -0.3 is 16.8 Å². The smallest absolute Gasteiger partial charge is 0.269 e. The molecule has 3 aromatic rings. The van der Waals surface area contributed by atoms with Crippen molar-refractivity contribution < 1.29 is 9.59 Å². The molecule has 2 amide bonds. The largest absolute Gasteiger partial charge is 0.364 e. The van der Waals surface area contributed by atoms with Crippen LogP contribution in [0.25, 0.3) is 11.3 Å². The number of hydrogen-bond acceptors (Lipinski definition) is 5.